The SMILES string of the molecule is CCCn1ccnc1Nc1cc(F)c(F)cc1F. The summed E-state index contributed by atoms with van der Waals surface area (Å²) in [5.41, 5.74) is -0.141. The molecule has 0 aliphatic heterocycles. The van der Waals surface area contributed by atoms with Gasteiger partial charge in [0, 0.05) is 31.1 Å². The number of imidazole rings is 1. The molecule has 1 N–H and O–H groups in total. The van der Waals surface area contributed by atoms with Gasteiger partial charge in [-0.25, -0.2) is 18.2 Å². The number of hydrogen-bond acceptors (Lipinski definition) is 2. The van der Waals surface area contributed by atoms with Crippen molar-refractivity contribution >= 4 is 11.6 Å². The monoisotopic (exact) mass is 255 g/mol. The van der Waals surface area contributed by atoms with E-state index < -0.39 is 17.5 Å². The normalized spacial score (nSPS) is 10.7. The third kappa shape index (κ3) is 2.47. The van der Waals surface area contributed by atoms with Crippen molar-refractivity contribution in [2.24, 2.45) is 0 Å². The van der Waals surface area contributed by atoms with Crippen LogP contribution in [0.2, 0.25) is 0 Å². The Morgan fingerprint density at radius 1 is 1.17 bits per heavy atom. The number of anilines is 2. The summed E-state index contributed by atoms with van der Waals surface area (Å²) in [5.74, 6) is -2.79. The molecule has 0 aliphatic rings. The Morgan fingerprint density at radius 3 is 2.61 bits per heavy atom. The van der Waals surface area contributed by atoms with Crippen molar-refractivity contribution in [3.05, 3.63) is 42.0 Å². The Bertz CT molecular complexity index is 551. The predicted octanol–water partition coefficient (Wildman–Crippen LogP) is 3.45. The quantitative estimate of drug-likeness (QED) is 0.848. The van der Waals surface area contributed by atoms with Crippen LogP contribution in [0.4, 0.5) is 24.8 Å². The lowest BCUT2D eigenvalue weighted by molar-refractivity contribution is 0.496. The van der Waals surface area contributed by atoms with E-state index in [1.807, 2.05) is 6.92 Å². The summed E-state index contributed by atoms with van der Waals surface area (Å²) >= 11 is 0. The van der Waals surface area contributed by atoms with Gasteiger partial charge in [-0.05, 0) is 6.42 Å². The van der Waals surface area contributed by atoms with Gasteiger partial charge in [-0.2, -0.15) is 0 Å². The van der Waals surface area contributed by atoms with Gasteiger partial charge in [-0.15, -0.1) is 0 Å². The molecule has 18 heavy (non-hydrogen) atoms. The molecule has 0 radical (unpaired) electrons. The molecule has 0 saturated carbocycles. The summed E-state index contributed by atoms with van der Waals surface area (Å²) in [4.78, 5) is 3.99. The standard InChI is InChI=1S/C12H12F3N3/c1-2-4-18-5-3-16-12(18)17-11-7-9(14)8(13)6-10(11)15/h3,5-7H,2,4H2,1H3,(H,16,17). The predicted molar refractivity (Wildman–Crippen MR) is 62.1 cm³/mol. The van der Waals surface area contributed by atoms with E-state index in [-0.39, 0.29) is 5.69 Å². The van der Waals surface area contributed by atoms with Gasteiger partial charge >= 0.3 is 0 Å². The molecular formula is C12H12F3N3. The highest BCUT2D eigenvalue weighted by molar-refractivity contribution is 5.54. The van der Waals surface area contributed by atoms with Crippen LogP contribution in [0.25, 0.3) is 0 Å². The molecule has 3 nitrogen and oxygen atoms in total. The maximum atomic E-state index is 13.4. The molecule has 2 aromatic rings. The van der Waals surface area contributed by atoms with Gasteiger partial charge in [0.25, 0.3) is 0 Å². The summed E-state index contributed by atoms with van der Waals surface area (Å²) in [5, 5.41) is 2.64. The number of aromatic nitrogens is 2. The molecule has 0 amide bonds. The van der Waals surface area contributed by atoms with Gasteiger partial charge in [0.1, 0.15) is 5.82 Å². The Balaban J connectivity index is 2.28. The van der Waals surface area contributed by atoms with Crippen LogP contribution in [0, 0.1) is 17.5 Å². The largest absolute Gasteiger partial charge is 0.323 e. The smallest absolute Gasteiger partial charge is 0.207 e. The summed E-state index contributed by atoms with van der Waals surface area (Å²) in [6.07, 6.45) is 4.16. The Hall–Kier alpha value is -1.98. The van der Waals surface area contributed by atoms with Crippen molar-refractivity contribution in [1.82, 2.24) is 9.55 Å². The number of benzene rings is 1. The first-order chi connectivity index (χ1) is 8.61. The molecule has 96 valence electrons. The van der Waals surface area contributed by atoms with Gasteiger partial charge < -0.3 is 9.88 Å². The van der Waals surface area contributed by atoms with E-state index in [4.69, 9.17) is 0 Å². The maximum Gasteiger partial charge on any atom is 0.207 e. The van der Waals surface area contributed by atoms with Crippen molar-refractivity contribution in [1.29, 1.82) is 0 Å². The number of hydrogen-bond donors (Lipinski definition) is 1. The van der Waals surface area contributed by atoms with Crippen LogP contribution in [-0.2, 0) is 6.54 Å². The average Bonchev–Trinajstić information content (AvgIpc) is 2.74. The number of nitrogens with one attached hydrogen (secondary N) is 1. The lowest BCUT2D eigenvalue weighted by Crippen LogP contribution is -2.04. The molecule has 0 bridgehead atoms. The Morgan fingerprint density at radius 2 is 1.89 bits per heavy atom. The maximum absolute atomic E-state index is 13.4. The first kappa shape index (κ1) is 12.5. The molecule has 0 unspecified atom stereocenters. The highest BCUT2D eigenvalue weighted by atomic mass is 19.2. The zero-order valence-corrected chi connectivity index (χ0v) is 9.75. The van der Waals surface area contributed by atoms with Gasteiger partial charge in [0.2, 0.25) is 5.95 Å². The number of aryl methyl sites for hydroxylation is 1. The Kier molecular flexibility index (Phi) is 3.55. The molecule has 0 atom stereocenters. The summed E-state index contributed by atoms with van der Waals surface area (Å²) in [7, 11) is 0. The molecular weight excluding hydrogens is 243 g/mol. The third-order valence-corrected chi connectivity index (χ3v) is 2.44. The van der Waals surface area contributed by atoms with Crippen molar-refractivity contribution in [2.45, 2.75) is 19.9 Å². The van der Waals surface area contributed by atoms with Gasteiger partial charge in [-0.3, -0.25) is 0 Å². The fraction of sp³-hybridized carbons (Fsp3) is 0.250. The molecule has 1 aromatic carbocycles. The molecule has 0 spiro atoms. The second kappa shape index (κ2) is 5.12. The molecule has 2 rings (SSSR count). The van der Waals surface area contributed by atoms with E-state index in [1.54, 1.807) is 17.0 Å². The molecule has 6 heteroatoms. The van der Waals surface area contributed by atoms with E-state index in [2.05, 4.69) is 10.3 Å². The van der Waals surface area contributed by atoms with Crippen molar-refractivity contribution in [2.75, 3.05) is 5.32 Å². The van der Waals surface area contributed by atoms with Crippen LogP contribution in [0.3, 0.4) is 0 Å². The van der Waals surface area contributed by atoms with E-state index in [1.165, 1.54) is 0 Å². The molecule has 0 saturated heterocycles. The van der Waals surface area contributed by atoms with Crippen molar-refractivity contribution in [3.8, 4) is 0 Å². The van der Waals surface area contributed by atoms with Crippen LogP contribution < -0.4 is 5.32 Å². The highest BCUT2D eigenvalue weighted by Gasteiger charge is 2.11. The fourth-order valence-corrected chi connectivity index (χ4v) is 1.59. The first-order valence-corrected chi connectivity index (χ1v) is 5.54. The molecule has 0 fully saturated rings. The van der Waals surface area contributed by atoms with Crippen LogP contribution in [-0.4, -0.2) is 9.55 Å². The summed E-state index contributed by atoms with van der Waals surface area (Å²) in [6, 6.07) is 1.28. The molecule has 1 aromatic heterocycles. The van der Waals surface area contributed by atoms with Crippen molar-refractivity contribution < 1.29 is 13.2 Å². The number of rotatable bonds is 4. The van der Waals surface area contributed by atoms with E-state index in [0.717, 1.165) is 12.5 Å². The van der Waals surface area contributed by atoms with E-state index >= 15 is 0 Å². The van der Waals surface area contributed by atoms with Crippen LogP contribution >= 0.6 is 0 Å². The van der Waals surface area contributed by atoms with Crippen LogP contribution in [0.1, 0.15) is 13.3 Å². The average molecular weight is 255 g/mol. The zero-order valence-electron chi connectivity index (χ0n) is 9.75. The zero-order chi connectivity index (χ0) is 13.1. The summed E-state index contributed by atoms with van der Waals surface area (Å²) < 4.78 is 41.0. The summed E-state index contributed by atoms with van der Waals surface area (Å²) in [6.45, 7) is 2.69. The highest BCUT2D eigenvalue weighted by Crippen LogP contribution is 2.22. The van der Waals surface area contributed by atoms with E-state index in [9.17, 15) is 13.2 Å². The number of nitrogens with zero attached hydrogens (tertiary/aromatic N) is 2. The van der Waals surface area contributed by atoms with Crippen LogP contribution in [0.5, 0.6) is 0 Å². The fourth-order valence-electron chi connectivity index (χ4n) is 1.59. The minimum absolute atomic E-state index is 0.141. The topological polar surface area (TPSA) is 29.9 Å². The molecule has 0 aliphatic carbocycles. The van der Waals surface area contributed by atoms with Crippen LogP contribution in [0.15, 0.2) is 24.5 Å². The third-order valence-electron chi connectivity index (χ3n) is 2.44. The lowest BCUT2D eigenvalue weighted by atomic mass is 10.3. The van der Waals surface area contributed by atoms with Gasteiger partial charge in [-0.1, -0.05) is 6.92 Å². The number of halogens is 3. The second-order valence-corrected chi connectivity index (χ2v) is 3.82. The lowest BCUT2D eigenvalue weighted by Gasteiger charge is -2.09. The Labute approximate surface area is 102 Å². The van der Waals surface area contributed by atoms with Crippen molar-refractivity contribution in [3.63, 3.8) is 0 Å². The minimum atomic E-state index is -1.21. The minimum Gasteiger partial charge on any atom is -0.323 e. The second-order valence-electron chi connectivity index (χ2n) is 3.82. The first-order valence-electron chi connectivity index (χ1n) is 5.54. The molecule has 1 heterocycles. The van der Waals surface area contributed by atoms with Gasteiger partial charge in [0.05, 0.1) is 5.69 Å². The van der Waals surface area contributed by atoms with Gasteiger partial charge in [0.15, 0.2) is 11.6 Å². The van der Waals surface area contributed by atoms with E-state index in [0.29, 0.717) is 18.6 Å².